The molecule has 2 aliphatic rings. The Kier molecular flexibility index (Phi) is 4.06. The maximum atomic E-state index is 6.42. The van der Waals surface area contributed by atoms with E-state index in [-0.39, 0.29) is 0 Å². The molecule has 21 heavy (non-hydrogen) atoms. The van der Waals surface area contributed by atoms with Crippen LogP contribution in [0.5, 0.6) is 0 Å². The molecule has 3 unspecified atom stereocenters. The van der Waals surface area contributed by atoms with E-state index in [1.807, 2.05) is 6.33 Å². The van der Waals surface area contributed by atoms with Crippen LogP contribution >= 0.6 is 0 Å². The van der Waals surface area contributed by atoms with E-state index >= 15 is 0 Å². The predicted molar refractivity (Wildman–Crippen MR) is 83.6 cm³/mol. The van der Waals surface area contributed by atoms with Gasteiger partial charge in [0, 0.05) is 25.7 Å². The summed E-state index contributed by atoms with van der Waals surface area (Å²) in [5.41, 5.74) is 6.82. The Labute approximate surface area is 127 Å². The molecule has 0 saturated heterocycles. The molecule has 1 aromatic rings. The molecule has 2 N–H and O–H groups in total. The monoisotopic (exact) mass is 291 g/mol. The number of nitrogens with zero attached hydrogens (tertiary/aromatic N) is 4. The minimum absolute atomic E-state index is 0.364. The Balaban J connectivity index is 1.61. The van der Waals surface area contributed by atoms with Crippen molar-refractivity contribution in [3.05, 3.63) is 12.2 Å². The molecule has 3 rings (SSSR count). The SMILES string of the molecule is CC(C)(C)C1CCC(N)C(CN2CCn3cnnc3C2)C1. The molecule has 0 aromatic carbocycles. The molecule has 1 aliphatic carbocycles. The van der Waals surface area contributed by atoms with Crippen molar-refractivity contribution in [2.24, 2.45) is 23.0 Å². The van der Waals surface area contributed by atoms with Gasteiger partial charge in [-0.2, -0.15) is 0 Å². The zero-order valence-corrected chi connectivity index (χ0v) is 13.6. The Morgan fingerprint density at radius 1 is 1.29 bits per heavy atom. The van der Waals surface area contributed by atoms with Crippen LogP contribution in [0.1, 0.15) is 45.9 Å². The Morgan fingerprint density at radius 2 is 2.10 bits per heavy atom. The number of fused-ring (bicyclic) bond motifs is 1. The molecule has 5 nitrogen and oxygen atoms in total. The van der Waals surface area contributed by atoms with Crippen LogP contribution in [0.15, 0.2) is 6.33 Å². The second kappa shape index (κ2) is 5.69. The number of hydrogen-bond donors (Lipinski definition) is 1. The van der Waals surface area contributed by atoms with Crippen molar-refractivity contribution >= 4 is 0 Å². The molecule has 1 aromatic heterocycles. The van der Waals surface area contributed by atoms with Gasteiger partial charge < -0.3 is 10.3 Å². The lowest BCUT2D eigenvalue weighted by Crippen LogP contribution is -2.46. The second-order valence-electron chi connectivity index (χ2n) is 7.98. The highest BCUT2D eigenvalue weighted by molar-refractivity contribution is 4.93. The Bertz CT molecular complexity index is 475. The first kappa shape index (κ1) is 15.0. The summed E-state index contributed by atoms with van der Waals surface area (Å²) in [4.78, 5) is 2.51. The summed E-state index contributed by atoms with van der Waals surface area (Å²) in [5.74, 6) is 2.52. The van der Waals surface area contributed by atoms with Crippen molar-refractivity contribution in [2.45, 2.75) is 59.2 Å². The van der Waals surface area contributed by atoms with E-state index < -0.39 is 0 Å². The van der Waals surface area contributed by atoms with Gasteiger partial charge in [0.2, 0.25) is 0 Å². The molecule has 3 atom stereocenters. The minimum atomic E-state index is 0.364. The first-order valence-corrected chi connectivity index (χ1v) is 8.28. The fraction of sp³-hybridized carbons (Fsp3) is 0.875. The largest absolute Gasteiger partial charge is 0.327 e. The van der Waals surface area contributed by atoms with E-state index in [0.29, 0.717) is 17.4 Å². The van der Waals surface area contributed by atoms with Crippen LogP contribution in [-0.4, -0.2) is 38.8 Å². The fourth-order valence-corrected chi connectivity index (χ4v) is 3.89. The average molecular weight is 291 g/mol. The summed E-state index contributed by atoms with van der Waals surface area (Å²) >= 11 is 0. The van der Waals surface area contributed by atoms with Crippen LogP contribution in [0.3, 0.4) is 0 Å². The highest BCUT2D eigenvalue weighted by Gasteiger charge is 2.35. The standard InChI is InChI=1S/C16H29N5/c1-16(2,3)13-4-5-14(17)12(8-13)9-20-6-7-21-11-18-19-15(21)10-20/h11-14H,4-10,17H2,1-3H3. The summed E-state index contributed by atoms with van der Waals surface area (Å²) < 4.78 is 2.16. The van der Waals surface area contributed by atoms with Gasteiger partial charge in [0.15, 0.2) is 0 Å². The number of hydrogen-bond acceptors (Lipinski definition) is 4. The lowest BCUT2D eigenvalue weighted by molar-refractivity contribution is 0.0893. The van der Waals surface area contributed by atoms with Gasteiger partial charge in [0.1, 0.15) is 12.2 Å². The number of aromatic nitrogens is 3. The maximum absolute atomic E-state index is 6.42. The number of nitrogens with two attached hydrogens (primary N) is 1. The molecular formula is C16H29N5. The normalized spacial score (nSPS) is 31.1. The van der Waals surface area contributed by atoms with Crippen molar-refractivity contribution < 1.29 is 0 Å². The molecule has 118 valence electrons. The van der Waals surface area contributed by atoms with Crippen LogP contribution in [0, 0.1) is 17.3 Å². The first-order valence-electron chi connectivity index (χ1n) is 8.28. The Hall–Kier alpha value is -0.940. The molecule has 1 saturated carbocycles. The fourth-order valence-electron chi connectivity index (χ4n) is 3.89. The van der Waals surface area contributed by atoms with Crippen molar-refractivity contribution in [1.82, 2.24) is 19.7 Å². The quantitative estimate of drug-likeness (QED) is 0.904. The highest BCUT2D eigenvalue weighted by atomic mass is 15.3. The first-order chi connectivity index (χ1) is 9.93. The molecule has 0 amide bonds. The van der Waals surface area contributed by atoms with E-state index in [9.17, 15) is 0 Å². The molecule has 0 spiro atoms. The third kappa shape index (κ3) is 3.29. The molecular weight excluding hydrogens is 262 g/mol. The van der Waals surface area contributed by atoms with E-state index in [4.69, 9.17) is 5.73 Å². The summed E-state index contributed by atoms with van der Waals surface area (Å²) in [5, 5.41) is 8.22. The van der Waals surface area contributed by atoms with Gasteiger partial charge in [-0.1, -0.05) is 20.8 Å². The average Bonchev–Trinajstić information content (AvgIpc) is 2.87. The summed E-state index contributed by atoms with van der Waals surface area (Å²) in [7, 11) is 0. The third-order valence-corrected chi connectivity index (χ3v) is 5.48. The van der Waals surface area contributed by atoms with Crippen LogP contribution in [0.4, 0.5) is 0 Å². The van der Waals surface area contributed by atoms with E-state index in [0.717, 1.165) is 37.9 Å². The van der Waals surface area contributed by atoms with Gasteiger partial charge in [0.05, 0.1) is 6.54 Å². The lowest BCUT2D eigenvalue weighted by Gasteiger charge is -2.42. The summed E-state index contributed by atoms with van der Waals surface area (Å²) in [6, 6.07) is 0.364. The van der Waals surface area contributed by atoms with Crippen molar-refractivity contribution in [3.63, 3.8) is 0 Å². The molecule has 0 radical (unpaired) electrons. The topological polar surface area (TPSA) is 60.0 Å². The maximum Gasteiger partial charge on any atom is 0.147 e. The molecule has 2 heterocycles. The van der Waals surface area contributed by atoms with Crippen LogP contribution in [-0.2, 0) is 13.1 Å². The smallest absolute Gasteiger partial charge is 0.147 e. The second-order valence-corrected chi connectivity index (χ2v) is 7.98. The lowest BCUT2D eigenvalue weighted by atomic mass is 9.67. The van der Waals surface area contributed by atoms with Crippen LogP contribution < -0.4 is 5.73 Å². The Morgan fingerprint density at radius 3 is 2.86 bits per heavy atom. The van der Waals surface area contributed by atoms with E-state index in [1.165, 1.54) is 19.3 Å². The van der Waals surface area contributed by atoms with Gasteiger partial charge in [-0.3, -0.25) is 4.90 Å². The third-order valence-electron chi connectivity index (χ3n) is 5.48. The van der Waals surface area contributed by atoms with Crippen molar-refractivity contribution in [2.75, 3.05) is 13.1 Å². The summed E-state index contributed by atoms with van der Waals surface area (Å²) in [6.45, 7) is 11.2. The van der Waals surface area contributed by atoms with Gasteiger partial charge >= 0.3 is 0 Å². The molecule has 5 heteroatoms. The van der Waals surface area contributed by atoms with Gasteiger partial charge in [-0.15, -0.1) is 10.2 Å². The van der Waals surface area contributed by atoms with E-state index in [1.54, 1.807) is 0 Å². The van der Waals surface area contributed by atoms with Gasteiger partial charge in [-0.25, -0.2) is 0 Å². The zero-order valence-electron chi connectivity index (χ0n) is 13.6. The van der Waals surface area contributed by atoms with Crippen molar-refractivity contribution in [1.29, 1.82) is 0 Å². The van der Waals surface area contributed by atoms with Crippen LogP contribution in [0.2, 0.25) is 0 Å². The van der Waals surface area contributed by atoms with Crippen LogP contribution in [0.25, 0.3) is 0 Å². The molecule has 1 aliphatic heterocycles. The number of rotatable bonds is 2. The van der Waals surface area contributed by atoms with Gasteiger partial charge in [-0.05, 0) is 36.5 Å². The van der Waals surface area contributed by atoms with Crippen molar-refractivity contribution in [3.8, 4) is 0 Å². The highest BCUT2D eigenvalue weighted by Crippen LogP contribution is 2.40. The molecule has 1 fully saturated rings. The van der Waals surface area contributed by atoms with E-state index in [2.05, 4.69) is 40.4 Å². The molecule has 0 bridgehead atoms. The minimum Gasteiger partial charge on any atom is -0.327 e. The predicted octanol–water partition coefficient (Wildman–Crippen LogP) is 1.88. The summed E-state index contributed by atoms with van der Waals surface area (Å²) in [6.07, 6.45) is 5.58. The van der Waals surface area contributed by atoms with Gasteiger partial charge in [0.25, 0.3) is 0 Å². The zero-order chi connectivity index (χ0) is 15.0.